The van der Waals surface area contributed by atoms with Gasteiger partial charge in [-0.25, -0.2) is 0 Å². The van der Waals surface area contributed by atoms with Crippen LogP contribution >= 0.6 is 24.0 Å². The van der Waals surface area contributed by atoms with Crippen molar-refractivity contribution in [2.45, 2.75) is 46.0 Å². The van der Waals surface area contributed by atoms with Gasteiger partial charge < -0.3 is 11.1 Å². The number of hydrogen-bond donors (Lipinski definition) is 2. The molecule has 100 valence electrons. The zero-order valence-electron chi connectivity index (χ0n) is 11.1. The van der Waals surface area contributed by atoms with Gasteiger partial charge >= 0.3 is 0 Å². The Morgan fingerprint density at radius 3 is 2.47 bits per heavy atom. The Hall–Kier alpha value is -0.260. The Balaban J connectivity index is 0.00000256. The van der Waals surface area contributed by atoms with Crippen LogP contribution in [0.15, 0.2) is 17.1 Å². The first-order valence-electron chi connectivity index (χ1n) is 6.26. The molecule has 1 rings (SSSR count). The quantitative estimate of drug-likeness (QED) is 0.346. The molecule has 1 aliphatic rings. The lowest BCUT2D eigenvalue weighted by Crippen LogP contribution is -2.34. The Labute approximate surface area is 122 Å². The fraction of sp³-hybridized carbons (Fsp3) is 0.769. The molecule has 0 amide bonds. The molecular formula is C13H26IN3. The van der Waals surface area contributed by atoms with E-state index in [1.54, 1.807) is 0 Å². The molecule has 0 spiro atoms. The number of hydrogen-bond acceptors (Lipinski definition) is 1. The molecule has 0 aromatic carbocycles. The molecular weight excluding hydrogens is 325 g/mol. The molecule has 0 unspecified atom stereocenters. The van der Waals surface area contributed by atoms with Crippen LogP contribution in [0, 0.1) is 5.41 Å². The first-order valence-corrected chi connectivity index (χ1v) is 6.26. The van der Waals surface area contributed by atoms with Crippen molar-refractivity contribution in [3.05, 3.63) is 12.2 Å². The summed E-state index contributed by atoms with van der Waals surface area (Å²) in [7, 11) is 0. The van der Waals surface area contributed by atoms with E-state index in [0.29, 0.717) is 17.9 Å². The van der Waals surface area contributed by atoms with Gasteiger partial charge in [0.2, 0.25) is 0 Å². The van der Waals surface area contributed by atoms with Crippen LogP contribution in [0.2, 0.25) is 0 Å². The molecule has 0 saturated heterocycles. The number of nitrogens with two attached hydrogens (primary N) is 1. The van der Waals surface area contributed by atoms with Gasteiger partial charge in [-0.05, 0) is 31.6 Å². The summed E-state index contributed by atoms with van der Waals surface area (Å²) in [5, 5.41) is 3.08. The van der Waals surface area contributed by atoms with Crippen molar-refractivity contribution in [1.82, 2.24) is 5.32 Å². The third-order valence-electron chi connectivity index (χ3n) is 3.57. The third kappa shape index (κ3) is 5.75. The highest BCUT2D eigenvalue weighted by Gasteiger charge is 2.31. The molecule has 1 saturated carbocycles. The summed E-state index contributed by atoms with van der Waals surface area (Å²) >= 11 is 0. The molecule has 0 aromatic heterocycles. The average molecular weight is 351 g/mol. The average Bonchev–Trinajstić information content (AvgIpc) is 2.73. The topological polar surface area (TPSA) is 50.4 Å². The molecule has 4 heteroatoms. The molecule has 0 aliphatic heterocycles. The zero-order chi connectivity index (χ0) is 12.0. The summed E-state index contributed by atoms with van der Waals surface area (Å²) in [4.78, 5) is 4.46. The van der Waals surface area contributed by atoms with Gasteiger partial charge in [0, 0.05) is 13.1 Å². The van der Waals surface area contributed by atoms with Crippen molar-refractivity contribution < 1.29 is 0 Å². The second kappa shape index (κ2) is 7.95. The van der Waals surface area contributed by atoms with E-state index in [1.807, 2.05) is 6.92 Å². The minimum absolute atomic E-state index is 0. The largest absolute Gasteiger partial charge is 0.370 e. The maximum atomic E-state index is 5.81. The first kappa shape index (κ1) is 16.7. The highest BCUT2D eigenvalue weighted by atomic mass is 127. The Morgan fingerprint density at radius 1 is 1.41 bits per heavy atom. The summed E-state index contributed by atoms with van der Waals surface area (Å²) in [5.74, 6) is 0.558. The number of guanidine groups is 1. The molecule has 1 fully saturated rings. The van der Waals surface area contributed by atoms with Gasteiger partial charge in [0.25, 0.3) is 0 Å². The van der Waals surface area contributed by atoms with Crippen LogP contribution in [0.5, 0.6) is 0 Å². The van der Waals surface area contributed by atoms with Crippen molar-refractivity contribution in [3.8, 4) is 0 Å². The normalized spacial score (nSPS) is 18.6. The van der Waals surface area contributed by atoms with Crippen LogP contribution in [0.3, 0.4) is 0 Å². The summed E-state index contributed by atoms with van der Waals surface area (Å²) in [6.07, 6.45) is 6.52. The minimum atomic E-state index is 0. The van der Waals surface area contributed by atoms with E-state index in [4.69, 9.17) is 5.73 Å². The lowest BCUT2D eigenvalue weighted by molar-refractivity contribution is 0.297. The number of halogens is 1. The highest BCUT2D eigenvalue weighted by molar-refractivity contribution is 14.0. The van der Waals surface area contributed by atoms with E-state index in [1.165, 1.54) is 32.1 Å². The number of nitrogens with zero attached hydrogens (tertiary/aromatic N) is 1. The monoisotopic (exact) mass is 351 g/mol. The SMILES string of the molecule is C=C(C)CNC(N)=NCC1(CC)CCCC1.I. The van der Waals surface area contributed by atoms with Crippen molar-refractivity contribution in [2.75, 3.05) is 13.1 Å². The van der Waals surface area contributed by atoms with Gasteiger partial charge in [0.15, 0.2) is 5.96 Å². The summed E-state index contributed by atoms with van der Waals surface area (Å²) in [5.41, 5.74) is 7.31. The van der Waals surface area contributed by atoms with E-state index < -0.39 is 0 Å². The Morgan fingerprint density at radius 2 is 2.00 bits per heavy atom. The van der Waals surface area contributed by atoms with Gasteiger partial charge in [0.05, 0.1) is 0 Å². The van der Waals surface area contributed by atoms with Gasteiger partial charge in [-0.3, -0.25) is 4.99 Å². The van der Waals surface area contributed by atoms with Crippen LogP contribution in [-0.2, 0) is 0 Å². The number of aliphatic imine (C=N–C) groups is 1. The molecule has 17 heavy (non-hydrogen) atoms. The fourth-order valence-corrected chi connectivity index (χ4v) is 2.30. The maximum Gasteiger partial charge on any atom is 0.188 e. The third-order valence-corrected chi connectivity index (χ3v) is 3.57. The minimum Gasteiger partial charge on any atom is -0.370 e. The number of nitrogens with one attached hydrogen (secondary N) is 1. The fourth-order valence-electron chi connectivity index (χ4n) is 2.30. The standard InChI is InChI=1S/C13H25N3.HI/c1-4-13(7-5-6-8-13)10-16-12(14)15-9-11(2)3;/h2,4-10H2,1,3H3,(H3,14,15,16);1H. The Kier molecular flexibility index (Phi) is 7.83. The molecule has 0 aromatic rings. The lowest BCUT2D eigenvalue weighted by atomic mass is 9.84. The van der Waals surface area contributed by atoms with E-state index in [0.717, 1.165) is 12.1 Å². The second-order valence-corrected chi connectivity index (χ2v) is 5.07. The maximum absolute atomic E-state index is 5.81. The van der Waals surface area contributed by atoms with Crippen LogP contribution in [0.25, 0.3) is 0 Å². The molecule has 0 atom stereocenters. The molecule has 0 radical (unpaired) electrons. The highest BCUT2D eigenvalue weighted by Crippen LogP contribution is 2.40. The van der Waals surface area contributed by atoms with Gasteiger partial charge in [-0.1, -0.05) is 31.9 Å². The summed E-state index contributed by atoms with van der Waals surface area (Å²) < 4.78 is 0. The predicted molar refractivity (Wildman–Crippen MR) is 85.9 cm³/mol. The smallest absolute Gasteiger partial charge is 0.188 e. The molecule has 0 heterocycles. The van der Waals surface area contributed by atoms with Crippen molar-refractivity contribution >= 4 is 29.9 Å². The lowest BCUT2D eigenvalue weighted by Gasteiger charge is -2.25. The summed E-state index contributed by atoms with van der Waals surface area (Å²) in [6, 6.07) is 0. The first-order chi connectivity index (χ1) is 7.58. The van der Waals surface area contributed by atoms with Gasteiger partial charge in [-0.2, -0.15) is 0 Å². The summed E-state index contributed by atoms with van der Waals surface area (Å²) in [6.45, 7) is 9.65. The van der Waals surface area contributed by atoms with Crippen LogP contribution in [-0.4, -0.2) is 19.0 Å². The van der Waals surface area contributed by atoms with E-state index >= 15 is 0 Å². The number of rotatable bonds is 5. The second-order valence-electron chi connectivity index (χ2n) is 5.07. The van der Waals surface area contributed by atoms with E-state index in [2.05, 4.69) is 23.8 Å². The van der Waals surface area contributed by atoms with Crippen LogP contribution < -0.4 is 11.1 Å². The van der Waals surface area contributed by atoms with Gasteiger partial charge in [-0.15, -0.1) is 24.0 Å². The van der Waals surface area contributed by atoms with Crippen molar-refractivity contribution in [1.29, 1.82) is 0 Å². The zero-order valence-corrected chi connectivity index (χ0v) is 13.4. The molecule has 0 bridgehead atoms. The molecule has 1 aliphatic carbocycles. The molecule has 3 N–H and O–H groups in total. The van der Waals surface area contributed by atoms with E-state index in [-0.39, 0.29) is 24.0 Å². The van der Waals surface area contributed by atoms with Gasteiger partial charge in [0.1, 0.15) is 0 Å². The predicted octanol–water partition coefficient (Wildman–Crippen LogP) is 3.06. The Bertz CT molecular complexity index is 268. The molecule has 3 nitrogen and oxygen atoms in total. The van der Waals surface area contributed by atoms with Crippen LogP contribution in [0.4, 0.5) is 0 Å². The van der Waals surface area contributed by atoms with Crippen molar-refractivity contribution in [2.24, 2.45) is 16.1 Å². The van der Waals surface area contributed by atoms with E-state index in [9.17, 15) is 0 Å². The van der Waals surface area contributed by atoms with Crippen LogP contribution in [0.1, 0.15) is 46.0 Å². The van der Waals surface area contributed by atoms with Crippen molar-refractivity contribution in [3.63, 3.8) is 0 Å².